The summed E-state index contributed by atoms with van der Waals surface area (Å²) in [5.74, 6) is -1.40. The Hall–Kier alpha value is -2.20. The summed E-state index contributed by atoms with van der Waals surface area (Å²) in [4.78, 5) is 28.3. The first-order valence-electron chi connectivity index (χ1n) is 8.63. The number of hydrogen-bond donors (Lipinski definition) is 1. The average molecular weight is 458 g/mol. The molecule has 0 radical (unpaired) electrons. The minimum Gasteiger partial charge on any atom is -0.454 e. The summed E-state index contributed by atoms with van der Waals surface area (Å²) in [6, 6.07) is 7.83. The van der Waals surface area contributed by atoms with Gasteiger partial charge in [-0.1, -0.05) is 23.2 Å². The van der Waals surface area contributed by atoms with Gasteiger partial charge < -0.3 is 10.1 Å². The molecule has 154 valence electrons. The molecule has 1 saturated heterocycles. The fourth-order valence-electron chi connectivity index (χ4n) is 2.90. The van der Waals surface area contributed by atoms with Gasteiger partial charge in [0.2, 0.25) is 10.0 Å². The third-order valence-corrected chi connectivity index (χ3v) is 6.75. The summed E-state index contributed by atoms with van der Waals surface area (Å²) < 4.78 is 31.8. The van der Waals surface area contributed by atoms with E-state index in [-0.39, 0.29) is 22.3 Å². The molecule has 2 aromatic rings. The number of carbonyl (C=O) groups excluding carboxylic acids is 2. The van der Waals surface area contributed by atoms with E-state index in [2.05, 4.69) is 10.3 Å². The summed E-state index contributed by atoms with van der Waals surface area (Å²) in [7, 11) is -3.89. The Morgan fingerprint density at radius 1 is 1.21 bits per heavy atom. The lowest BCUT2D eigenvalue weighted by Gasteiger charge is -2.22. The third kappa shape index (κ3) is 5.05. The Labute approximate surface area is 177 Å². The van der Waals surface area contributed by atoms with Crippen LogP contribution < -0.4 is 5.32 Å². The van der Waals surface area contributed by atoms with Gasteiger partial charge in [0, 0.05) is 17.8 Å². The molecule has 2 heterocycles. The zero-order valence-electron chi connectivity index (χ0n) is 15.0. The van der Waals surface area contributed by atoms with Crippen LogP contribution in [0.15, 0.2) is 47.5 Å². The van der Waals surface area contributed by atoms with Crippen LogP contribution in [0, 0.1) is 0 Å². The van der Waals surface area contributed by atoms with Crippen molar-refractivity contribution < 1.29 is 22.7 Å². The molecule has 3 rings (SSSR count). The summed E-state index contributed by atoms with van der Waals surface area (Å²) in [5.41, 5.74) is 0.281. The van der Waals surface area contributed by atoms with Gasteiger partial charge in [-0.25, -0.2) is 13.4 Å². The standard InChI is InChI=1S/C18H17Cl2N3O5S/c19-12-5-7-13(8-6-12)29(26,27)23-10-2-4-15(23)18(25)28-11-16(24)22-14-3-1-9-21-17(14)20/h1,3,5-9,15H,2,4,10-11H2,(H,22,24)/t15-/m0/s1. The number of pyridine rings is 1. The van der Waals surface area contributed by atoms with Crippen molar-refractivity contribution in [3.8, 4) is 0 Å². The lowest BCUT2D eigenvalue weighted by Crippen LogP contribution is -2.42. The smallest absolute Gasteiger partial charge is 0.324 e. The van der Waals surface area contributed by atoms with Gasteiger partial charge in [-0.15, -0.1) is 0 Å². The largest absolute Gasteiger partial charge is 0.454 e. The lowest BCUT2D eigenvalue weighted by molar-refractivity contribution is -0.150. The molecule has 1 aromatic carbocycles. The maximum absolute atomic E-state index is 12.9. The van der Waals surface area contributed by atoms with E-state index in [9.17, 15) is 18.0 Å². The van der Waals surface area contributed by atoms with Crippen molar-refractivity contribution >= 4 is 50.8 Å². The summed E-state index contributed by atoms with van der Waals surface area (Å²) >= 11 is 11.7. The zero-order chi connectivity index (χ0) is 21.0. The second-order valence-corrected chi connectivity index (χ2v) is 8.91. The fourth-order valence-corrected chi connectivity index (χ4v) is 4.84. The Morgan fingerprint density at radius 2 is 1.93 bits per heavy atom. The highest BCUT2D eigenvalue weighted by Crippen LogP contribution is 2.27. The van der Waals surface area contributed by atoms with Crippen LogP contribution in [0.25, 0.3) is 0 Å². The van der Waals surface area contributed by atoms with Crippen molar-refractivity contribution in [1.29, 1.82) is 0 Å². The van der Waals surface area contributed by atoms with Gasteiger partial charge in [-0.3, -0.25) is 9.59 Å². The first kappa shape index (κ1) is 21.5. The van der Waals surface area contributed by atoms with E-state index in [0.29, 0.717) is 17.9 Å². The molecule has 1 aliphatic heterocycles. The van der Waals surface area contributed by atoms with E-state index in [1.54, 1.807) is 12.1 Å². The van der Waals surface area contributed by atoms with Gasteiger partial charge in [-0.05, 0) is 49.2 Å². The number of ether oxygens (including phenoxy) is 1. The normalized spacial score (nSPS) is 17.1. The van der Waals surface area contributed by atoms with Crippen LogP contribution in [0.4, 0.5) is 5.69 Å². The summed E-state index contributed by atoms with van der Waals surface area (Å²) in [6.45, 7) is -0.391. The molecule has 11 heteroatoms. The van der Waals surface area contributed by atoms with E-state index >= 15 is 0 Å². The summed E-state index contributed by atoms with van der Waals surface area (Å²) in [5, 5.41) is 2.98. The number of aromatic nitrogens is 1. The molecule has 0 bridgehead atoms. The minimum absolute atomic E-state index is 0.0329. The highest BCUT2D eigenvalue weighted by atomic mass is 35.5. The summed E-state index contributed by atoms with van der Waals surface area (Å²) in [6.07, 6.45) is 2.28. The van der Waals surface area contributed by atoms with Crippen LogP contribution in [-0.2, 0) is 24.3 Å². The predicted molar refractivity (Wildman–Crippen MR) is 107 cm³/mol. The first-order valence-corrected chi connectivity index (χ1v) is 10.8. The topological polar surface area (TPSA) is 106 Å². The number of hydrogen-bond acceptors (Lipinski definition) is 6. The number of benzene rings is 1. The van der Waals surface area contributed by atoms with E-state index in [1.165, 1.54) is 30.5 Å². The van der Waals surface area contributed by atoms with Crippen LogP contribution in [0.1, 0.15) is 12.8 Å². The second kappa shape index (κ2) is 9.08. The highest BCUT2D eigenvalue weighted by molar-refractivity contribution is 7.89. The Morgan fingerprint density at radius 3 is 2.62 bits per heavy atom. The van der Waals surface area contributed by atoms with E-state index in [1.807, 2.05) is 0 Å². The Kier molecular flexibility index (Phi) is 6.74. The average Bonchev–Trinajstić information content (AvgIpc) is 3.19. The number of nitrogens with one attached hydrogen (secondary N) is 1. The molecule has 1 aromatic heterocycles. The van der Waals surface area contributed by atoms with Crippen LogP contribution in [0.5, 0.6) is 0 Å². The van der Waals surface area contributed by atoms with Crippen molar-refractivity contribution in [2.75, 3.05) is 18.5 Å². The van der Waals surface area contributed by atoms with Crippen molar-refractivity contribution in [2.45, 2.75) is 23.8 Å². The molecule has 1 aliphatic rings. The zero-order valence-corrected chi connectivity index (χ0v) is 17.4. The maximum atomic E-state index is 12.9. The van der Waals surface area contributed by atoms with Crippen molar-refractivity contribution in [1.82, 2.24) is 9.29 Å². The van der Waals surface area contributed by atoms with Gasteiger partial charge in [0.1, 0.15) is 6.04 Å². The number of esters is 1. The van der Waals surface area contributed by atoms with Gasteiger partial charge in [-0.2, -0.15) is 4.31 Å². The monoisotopic (exact) mass is 457 g/mol. The molecule has 1 amide bonds. The molecule has 29 heavy (non-hydrogen) atoms. The molecular weight excluding hydrogens is 441 g/mol. The van der Waals surface area contributed by atoms with E-state index < -0.39 is 34.5 Å². The van der Waals surface area contributed by atoms with Crippen LogP contribution in [0.3, 0.4) is 0 Å². The Balaban J connectivity index is 1.63. The molecule has 0 saturated carbocycles. The van der Waals surface area contributed by atoms with Gasteiger partial charge in [0.15, 0.2) is 11.8 Å². The molecule has 0 aliphatic carbocycles. The van der Waals surface area contributed by atoms with Gasteiger partial charge in [0.25, 0.3) is 5.91 Å². The lowest BCUT2D eigenvalue weighted by atomic mass is 10.2. The van der Waals surface area contributed by atoms with Crippen molar-refractivity contribution in [3.63, 3.8) is 0 Å². The van der Waals surface area contributed by atoms with Crippen LogP contribution >= 0.6 is 23.2 Å². The fraction of sp³-hybridized carbons (Fsp3) is 0.278. The quantitative estimate of drug-likeness (QED) is 0.527. The van der Waals surface area contributed by atoms with Gasteiger partial charge in [0.05, 0.1) is 10.6 Å². The molecule has 1 atom stereocenters. The molecule has 1 fully saturated rings. The second-order valence-electron chi connectivity index (χ2n) is 6.23. The number of rotatable bonds is 6. The predicted octanol–water partition coefficient (Wildman–Crippen LogP) is 2.72. The molecule has 0 spiro atoms. The van der Waals surface area contributed by atoms with Crippen molar-refractivity contribution in [2.24, 2.45) is 0 Å². The van der Waals surface area contributed by atoms with Crippen molar-refractivity contribution in [3.05, 3.63) is 52.8 Å². The molecule has 0 unspecified atom stereocenters. The molecular formula is C18H17Cl2N3O5S. The van der Waals surface area contributed by atoms with Crippen LogP contribution in [-0.4, -0.2) is 48.8 Å². The van der Waals surface area contributed by atoms with E-state index in [0.717, 1.165) is 4.31 Å². The van der Waals surface area contributed by atoms with E-state index in [4.69, 9.17) is 27.9 Å². The minimum atomic E-state index is -3.89. The maximum Gasteiger partial charge on any atom is 0.324 e. The highest BCUT2D eigenvalue weighted by Gasteiger charge is 2.40. The number of amides is 1. The molecule has 1 N–H and O–H groups in total. The Bertz CT molecular complexity index is 1010. The third-order valence-electron chi connectivity index (χ3n) is 4.27. The van der Waals surface area contributed by atoms with Gasteiger partial charge >= 0.3 is 5.97 Å². The number of anilines is 1. The van der Waals surface area contributed by atoms with Crippen LogP contribution in [0.2, 0.25) is 10.2 Å². The number of carbonyl (C=O) groups is 2. The molecule has 8 nitrogen and oxygen atoms in total. The first-order chi connectivity index (χ1) is 13.8. The SMILES string of the molecule is O=C(COC(=O)[C@@H]1CCCN1S(=O)(=O)c1ccc(Cl)cc1)Nc1cccnc1Cl. The number of sulfonamides is 1. The number of nitrogens with zero attached hydrogens (tertiary/aromatic N) is 2. The number of halogens is 2.